The molecule has 3 atom stereocenters. The lowest BCUT2D eigenvalue weighted by Gasteiger charge is -2.38. The van der Waals surface area contributed by atoms with Gasteiger partial charge >= 0.3 is 5.97 Å². The number of nitrogens with two attached hydrogens (primary N) is 1. The van der Waals surface area contributed by atoms with Gasteiger partial charge in [0.05, 0.1) is 23.4 Å². The van der Waals surface area contributed by atoms with E-state index in [9.17, 15) is 14.4 Å². The highest BCUT2D eigenvalue weighted by molar-refractivity contribution is 7.99. The van der Waals surface area contributed by atoms with Crippen LogP contribution in [0.2, 0.25) is 0 Å². The van der Waals surface area contributed by atoms with Crippen LogP contribution in [0.4, 0.5) is 5.69 Å². The van der Waals surface area contributed by atoms with Gasteiger partial charge in [-0.25, -0.2) is 4.79 Å². The van der Waals surface area contributed by atoms with E-state index in [0.717, 1.165) is 48.7 Å². The number of carbonyl (C=O) groups excluding carboxylic acids is 3. The number of fused-ring (bicyclic) bond motifs is 3. The van der Waals surface area contributed by atoms with Gasteiger partial charge in [-0.1, -0.05) is 75.1 Å². The van der Waals surface area contributed by atoms with Crippen LogP contribution in [-0.2, 0) is 4.74 Å². The molecule has 2 fully saturated rings. The van der Waals surface area contributed by atoms with E-state index in [0.29, 0.717) is 28.5 Å². The number of nitrogen functional groups attached to an aromatic ring is 1. The van der Waals surface area contributed by atoms with E-state index >= 15 is 0 Å². The minimum atomic E-state index is -0.532. The Bertz CT molecular complexity index is 1510. The molecule has 0 bridgehead atoms. The first-order valence-corrected chi connectivity index (χ1v) is 16.0. The van der Waals surface area contributed by atoms with Crippen LogP contribution in [0.25, 0.3) is 0 Å². The maximum Gasteiger partial charge on any atom is 0.340 e. The third-order valence-electron chi connectivity index (χ3n) is 9.01. The number of unbranched alkanes of at least 4 members (excludes halogenated alkanes) is 1. The van der Waals surface area contributed by atoms with Crippen molar-refractivity contribution in [1.82, 2.24) is 0 Å². The average molecular weight is 584 g/mol. The summed E-state index contributed by atoms with van der Waals surface area (Å²) in [4.78, 5) is 42.6. The zero-order valence-electron chi connectivity index (χ0n) is 24.0. The molecule has 3 aliphatic rings. The predicted molar refractivity (Wildman–Crippen MR) is 164 cm³/mol. The monoisotopic (exact) mass is 583 g/mol. The largest absolute Gasteiger partial charge is 0.494 e. The quantitative estimate of drug-likeness (QED) is 0.128. The highest BCUT2D eigenvalue weighted by Crippen LogP contribution is 2.44. The standard InChI is InChI=1S/C35H37NO5S/c1-2-3-18-40-23-14-16-25(17-15-23)42-29-20-28(35(39)41-24-13-12-21-8-4-5-9-22(21)19-24)32(36)31-30(29)33(37)26-10-6-7-11-27(26)34(31)38/h6-7,10-11,14-17,20-22,24H,2-5,8-9,12-13,18-19,36H2,1H3. The average Bonchev–Trinajstić information content (AvgIpc) is 3.01. The van der Waals surface area contributed by atoms with Crippen molar-refractivity contribution in [1.29, 1.82) is 0 Å². The normalized spacial score (nSPS) is 21.2. The molecule has 0 aromatic heterocycles. The van der Waals surface area contributed by atoms with Gasteiger partial charge in [-0.05, 0) is 67.9 Å². The summed E-state index contributed by atoms with van der Waals surface area (Å²) in [5.41, 5.74) is 7.69. The van der Waals surface area contributed by atoms with Crippen LogP contribution in [-0.4, -0.2) is 30.2 Å². The summed E-state index contributed by atoms with van der Waals surface area (Å²) in [6.07, 6.45) is 9.66. The summed E-state index contributed by atoms with van der Waals surface area (Å²) in [5.74, 6) is 0.945. The van der Waals surface area contributed by atoms with Crippen LogP contribution in [0, 0.1) is 11.8 Å². The molecule has 0 saturated heterocycles. The summed E-state index contributed by atoms with van der Waals surface area (Å²) >= 11 is 1.33. The second kappa shape index (κ2) is 12.3. The Morgan fingerprint density at radius 2 is 1.60 bits per heavy atom. The molecule has 0 heterocycles. The zero-order valence-corrected chi connectivity index (χ0v) is 24.8. The van der Waals surface area contributed by atoms with E-state index in [2.05, 4.69) is 6.92 Å². The molecule has 0 amide bonds. The minimum Gasteiger partial charge on any atom is -0.494 e. The Labute approximate surface area is 251 Å². The summed E-state index contributed by atoms with van der Waals surface area (Å²) in [7, 11) is 0. The van der Waals surface area contributed by atoms with Crippen LogP contribution in [0.15, 0.2) is 64.4 Å². The Balaban J connectivity index is 1.33. The van der Waals surface area contributed by atoms with Crippen molar-refractivity contribution in [2.75, 3.05) is 12.3 Å². The number of hydrogen-bond acceptors (Lipinski definition) is 7. The van der Waals surface area contributed by atoms with Crippen molar-refractivity contribution >= 4 is 35.0 Å². The highest BCUT2D eigenvalue weighted by Gasteiger charge is 2.38. The molecule has 2 saturated carbocycles. The lowest BCUT2D eigenvalue weighted by molar-refractivity contribution is -0.000863. The summed E-state index contributed by atoms with van der Waals surface area (Å²) < 4.78 is 11.9. The van der Waals surface area contributed by atoms with Crippen LogP contribution in [0.5, 0.6) is 5.75 Å². The van der Waals surface area contributed by atoms with Gasteiger partial charge in [0.1, 0.15) is 11.9 Å². The molecule has 2 N–H and O–H groups in total. The molecule has 0 spiro atoms. The first-order valence-electron chi connectivity index (χ1n) is 15.2. The highest BCUT2D eigenvalue weighted by atomic mass is 32.2. The molecule has 0 radical (unpaired) electrons. The minimum absolute atomic E-state index is 0.0122. The SMILES string of the molecule is CCCCOc1ccc(Sc2cc(C(=O)OC3CCC4CCCCC4C3)c(N)c3c2C(=O)c2ccccc2C3=O)cc1. The van der Waals surface area contributed by atoms with Gasteiger partial charge in [0, 0.05) is 26.5 Å². The molecule has 218 valence electrons. The summed E-state index contributed by atoms with van der Waals surface area (Å²) in [6.45, 7) is 2.77. The van der Waals surface area contributed by atoms with Gasteiger partial charge in [-0.2, -0.15) is 0 Å². The number of anilines is 1. The van der Waals surface area contributed by atoms with Crippen molar-refractivity contribution < 1.29 is 23.9 Å². The second-order valence-corrected chi connectivity index (χ2v) is 12.8. The van der Waals surface area contributed by atoms with Gasteiger partial charge in [0.2, 0.25) is 0 Å². The van der Waals surface area contributed by atoms with E-state index in [-0.39, 0.29) is 40.0 Å². The Morgan fingerprint density at radius 1 is 0.905 bits per heavy atom. The van der Waals surface area contributed by atoms with Crippen LogP contribution in [0.1, 0.15) is 107 Å². The fourth-order valence-electron chi connectivity index (χ4n) is 6.75. The van der Waals surface area contributed by atoms with Crippen LogP contribution in [0.3, 0.4) is 0 Å². The van der Waals surface area contributed by atoms with Gasteiger partial charge in [0.25, 0.3) is 0 Å². The van der Waals surface area contributed by atoms with Gasteiger partial charge in [-0.3, -0.25) is 9.59 Å². The molecule has 6 rings (SSSR count). The molecular formula is C35H37NO5S. The number of benzene rings is 3. The third kappa shape index (κ3) is 5.59. The molecule has 0 aliphatic heterocycles. The van der Waals surface area contributed by atoms with E-state index in [1.165, 1.54) is 37.4 Å². The third-order valence-corrected chi connectivity index (χ3v) is 10.1. The van der Waals surface area contributed by atoms with E-state index in [4.69, 9.17) is 15.2 Å². The van der Waals surface area contributed by atoms with E-state index in [1.807, 2.05) is 24.3 Å². The second-order valence-electron chi connectivity index (χ2n) is 11.7. The Kier molecular flexibility index (Phi) is 8.38. The topological polar surface area (TPSA) is 95.7 Å². The molecule has 3 unspecified atom stereocenters. The van der Waals surface area contributed by atoms with Gasteiger partial charge < -0.3 is 15.2 Å². The molecular weight excluding hydrogens is 546 g/mol. The van der Waals surface area contributed by atoms with E-state index in [1.54, 1.807) is 30.3 Å². The summed E-state index contributed by atoms with van der Waals surface area (Å²) in [6, 6.07) is 16.0. The maximum absolute atomic E-state index is 13.8. The molecule has 3 aromatic rings. The maximum atomic E-state index is 13.8. The Hall–Kier alpha value is -3.58. The fraction of sp³-hybridized carbons (Fsp3) is 0.400. The zero-order chi connectivity index (χ0) is 29.2. The van der Waals surface area contributed by atoms with E-state index < -0.39 is 5.97 Å². The fourth-order valence-corrected chi connectivity index (χ4v) is 7.75. The molecule has 3 aromatic carbocycles. The number of esters is 1. The van der Waals surface area contributed by atoms with Crippen molar-refractivity contribution in [3.05, 3.63) is 82.4 Å². The number of hydrogen-bond donors (Lipinski definition) is 1. The Morgan fingerprint density at radius 3 is 2.31 bits per heavy atom. The lowest BCUT2D eigenvalue weighted by atomic mass is 9.70. The first-order chi connectivity index (χ1) is 20.4. The van der Waals surface area contributed by atoms with Crippen LogP contribution < -0.4 is 10.5 Å². The van der Waals surface area contributed by atoms with Crippen molar-refractivity contribution in [3.8, 4) is 5.75 Å². The number of carbonyl (C=O) groups is 3. The predicted octanol–water partition coefficient (Wildman–Crippen LogP) is 7.89. The molecule has 3 aliphatic carbocycles. The molecule has 7 heteroatoms. The van der Waals surface area contributed by atoms with Gasteiger partial charge in [-0.15, -0.1) is 0 Å². The molecule has 42 heavy (non-hydrogen) atoms. The lowest BCUT2D eigenvalue weighted by Crippen LogP contribution is -2.33. The summed E-state index contributed by atoms with van der Waals surface area (Å²) in [5, 5.41) is 0. The van der Waals surface area contributed by atoms with Crippen molar-refractivity contribution in [2.45, 2.75) is 80.6 Å². The smallest absolute Gasteiger partial charge is 0.340 e. The van der Waals surface area contributed by atoms with Crippen molar-refractivity contribution in [2.24, 2.45) is 11.8 Å². The van der Waals surface area contributed by atoms with Crippen LogP contribution >= 0.6 is 11.8 Å². The number of rotatable bonds is 8. The number of ketones is 2. The molecule has 6 nitrogen and oxygen atoms in total. The first kappa shape index (κ1) is 28.5. The van der Waals surface area contributed by atoms with Crippen molar-refractivity contribution in [3.63, 3.8) is 0 Å². The number of ether oxygens (including phenoxy) is 2. The van der Waals surface area contributed by atoms with Gasteiger partial charge in [0.15, 0.2) is 11.6 Å².